The molecular formula is C32H24N2O2. The highest BCUT2D eigenvalue weighted by molar-refractivity contribution is 6.06. The van der Waals surface area contributed by atoms with E-state index in [0.29, 0.717) is 12.4 Å². The lowest BCUT2D eigenvalue weighted by Crippen LogP contribution is -2.00. The van der Waals surface area contributed by atoms with Gasteiger partial charge in [-0.1, -0.05) is 78.9 Å². The van der Waals surface area contributed by atoms with Gasteiger partial charge in [0.1, 0.15) is 18.1 Å². The molecule has 0 amide bonds. The van der Waals surface area contributed by atoms with Crippen LogP contribution in [0, 0.1) is 0 Å². The molecular weight excluding hydrogens is 444 g/mol. The van der Waals surface area contributed by atoms with Crippen LogP contribution in [0.1, 0.15) is 5.56 Å². The standard InChI is InChI=1S/C32H24N2O2/c1-35-25-18-15-24(16-19-25)32-33-28-14-8-7-13-27(28)31(34-32)30-26-12-6-5-11-23(26)17-20-29(30)36-21-22-9-3-2-4-10-22/h2-20H,21H2,1H3. The molecule has 0 aliphatic heterocycles. The fourth-order valence-corrected chi connectivity index (χ4v) is 4.49. The summed E-state index contributed by atoms with van der Waals surface area (Å²) < 4.78 is 11.8. The Bertz CT molecular complexity index is 1660. The molecule has 0 saturated heterocycles. The van der Waals surface area contributed by atoms with Gasteiger partial charge in [0, 0.05) is 10.9 Å². The summed E-state index contributed by atoms with van der Waals surface area (Å²) in [6.45, 7) is 0.473. The fraction of sp³-hybridized carbons (Fsp3) is 0.0625. The zero-order valence-electron chi connectivity index (χ0n) is 19.9. The summed E-state index contributed by atoms with van der Waals surface area (Å²) in [7, 11) is 1.66. The van der Waals surface area contributed by atoms with Gasteiger partial charge in [0.2, 0.25) is 0 Å². The topological polar surface area (TPSA) is 44.2 Å². The van der Waals surface area contributed by atoms with E-state index in [-0.39, 0.29) is 0 Å². The lowest BCUT2D eigenvalue weighted by molar-refractivity contribution is 0.308. The third-order valence-electron chi connectivity index (χ3n) is 6.32. The van der Waals surface area contributed by atoms with Gasteiger partial charge in [0.15, 0.2) is 5.82 Å². The molecule has 0 fully saturated rings. The number of methoxy groups -OCH3 is 1. The van der Waals surface area contributed by atoms with Crippen LogP contribution in [0.2, 0.25) is 0 Å². The second-order valence-electron chi connectivity index (χ2n) is 8.58. The Hall–Kier alpha value is -4.70. The molecule has 0 aliphatic carbocycles. The second kappa shape index (κ2) is 9.51. The van der Waals surface area contributed by atoms with Crippen molar-refractivity contribution in [2.45, 2.75) is 6.61 Å². The number of hydrogen-bond donors (Lipinski definition) is 0. The van der Waals surface area contributed by atoms with E-state index in [0.717, 1.165) is 55.6 Å². The first-order valence-electron chi connectivity index (χ1n) is 11.9. The number of aromatic nitrogens is 2. The van der Waals surface area contributed by atoms with Crippen LogP contribution in [-0.4, -0.2) is 17.1 Å². The molecule has 0 N–H and O–H groups in total. The highest BCUT2D eigenvalue weighted by atomic mass is 16.5. The van der Waals surface area contributed by atoms with Crippen LogP contribution in [0.4, 0.5) is 0 Å². The van der Waals surface area contributed by atoms with Crippen molar-refractivity contribution < 1.29 is 9.47 Å². The van der Waals surface area contributed by atoms with Crippen molar-refractivity contribution in [1.29, 1.82) is 0 Å². The minimum Gasteiger partial charge on any atom is -0.497 e. The Balaban J connectivity index is 1.57. The molecule has 36 heavy (non-hydrogen) atoms. The molecule has 0 saturated carbocycles. The molecule has 5 aromatic carbocycles. The summed E-state index contributed by atoms with van der Waals surface area (Å²) in [6.07, 6.45) is 0. The van der Waals surface area contributed by atoms with E-state index < -0.39 is 0 Å². The van der Waals surface area contributed by atoms with Crippen molar-refractivity contribution in [3.63, 3.8) is 0 Å². The van der Waals surface area contributed by atoms with Gasteiger partial charge in [-0.15, -0.1) is 0 Å². The highest BCUT2D eigenvalue weighted by Crippen LogP contribution is 2.40. The Morgan fingerprint density at radius 3 is 2.17 bits per heavy atom. The number of hydrogen-bond acceptors (Lipinski definition) is 4. The van der Waals surface area contributed by atoms with E-state index in [1.807, 2.05) is 66.7 Å². The van der Waals surface area contributed by atoms with Gasteiger partial charge in [-0.25, -0.2) is 9.97 Å². The van der Waals surface area contributed by atoms with E-state index in [2.05, 4.69) is 48.5 Å². The molecule has 0 spiro atoms. The van der Waals surface area contributed by atoms with Crippen LogP contribution < -0.4 is 9.47 Å². The average Bonchev–Trinajstić information content (AvgIpc) is 2.96. The largest absolute Gasteiger partial charge is 0.497 e. The van der Waals surface area contributed by atoms with Crippen LogP contribution >= 0.6 is 0 Å². The molecule has 0 bridgehead atoms. The van der Waals surface area contributed by atoms with E-state index >= 15 is 0 Å². The first kappa shape index (κ1) is 21.8. The van der Waals surface area contributed by atoms with Gasteiger partial charge in [-0.3, -0.25) is 0 Å². The Morgan fingerprint density at radius 2 is 1.36 bits per heavy atom. The monoisotopic (exact) mass is 468 g/mol. The normalized spacial score (nSPS) is 11.0. The summed E-state index contributed by atoms with van der Waals surface area (Å²) in [5.74, 6) is 2.25. The highest BCUT2D eigenvalue weighted by Gasteiger charge is 2.18. The molecule has 4 heteroatoms. The number of ether oxygens (including phenoxy) is 2. The maximum atomic E-state index is 6.43. The minimum atomic E-state index is 0.473. The van der Waals surface area contributed by atoms with Crippen LogP contribution in [0.15, 0.2) is 115 Å². The third-order valence-corrected chi connectivity index (χ3v) is 6.32. The molecule has 6 rings (SSSR count). The SMILES string of the molecule is COc1ccc(-c2nc(-c3c(OCc4ccccc4)ccc4ccccc34)c3ccccc3n2)cc1. The molecule has 0 radical (unpaired) electrons. The predicted octanol–water partition coefficient (Wildman–Crippen LogP) is 7.70. The third kappa shape index (κ3) is 4.14. The zero-order chi connectivity index (χ0) is 24.3. The summed E-state index contributed by atoms with van der Waals surface area (Å²) in [6, 6.07) is 38.7. The second-order valence-corrected chi connectivity index (χ2v) is 8.58. The van der Waals surface area contributed by atoms with Crippen molar-refractivity contribution >= 4 is 21.7 Å². The molecule has 1 heterocycles. The zero-order valence-corrected chi connectivity index (χ0v) is 19.9. The first-order chi connectivity index (χ1) is 17.8. The lowest BCUT2D eigenvalue weighted by atomic mass is 9.98. The van der Waals surface area contributed by atoms with Crippen LogP contribution in [0.25, 0.3) is 44.3 Å². The summed E-state index contributed by atoms with van der Waals surface area (Å²) in [5, 5.41) is 3.21. The van der Waals surface area contributed by atoms with Gasteiger partial charge >= 0.3 is 0 Å². The van der Waals surface area contributed by atoms with E-state index in [1.165, 1.54) is 0 Å². The summed E-state index contributed by atoms with van der Waals surface area (Å²) in [4.78, 5) is 10.0. The molecule has 0 unspecified atom stereocenters. The number of nitrogens with zero attached hydrogens (tertiary/aromatic N) is 2. The fourth-order valence-electron chi connectivity index (χ4n) is 4.49. The van der Waals surface area contributed by atoms with Gasteiger partial charge < -0.3 is 9.47 Å². The van der Waals surface area contributed by atoms with E-state index in [9.17, 15) is 0 Å². The van der Waals surface area contributed by atoms with Gasteiger partial charge in [-0.2, -0.15) is 0 Å². The Kier molecular flexibility index (Phi) is 5.76. The number of fused-ring (bicyclic) bond motifs is 2. The maximum Gasteiger partial charge on any atom is 0.160 e. The van der Waals surface area contributed by atoms with Crippen LogP contribution in [-0.2, 0) is 6.61 Å². The number of rotatable bonds is 6. The first-order valence-corrected chi connectivity index (χ1v) is 11.9. The predicted molar refractivity (Wildman–Crippen MR) is 145 cm³/mol. The van der Waals surface area contributed by atoms with Crippen LogP contribution in [0.5, 0.6) is 11.5 Å². The minimum absolute atomic E-state index is 0.473. The quantitative estimate of drug-likeness (QED) is 0.251. The summed E-state index contributed by atoms with van der Waals surface area (Å²) in [5.41, 5.74) is 4.75. The van der Waals surface area contributed by atoms with Crippen molar-refractivity contribution in [2.75, 3.05) is 7.11 Å². The van der Waals surface area contributed by atoms with Gasteiger partial charge in [0.05, 0.1) is 23.9 Å². The molecule has 0 atom stereocenters. The Labute approximate surface area is 209 Å². The number of para-hydroxylation sites is 1. The van der Waals surface area contributed by atoms with Crippen molar-refractivity contribution in [3.8, 4) is 34.1 Å². The van der Waals surface area contributed by atoms with E-state index in [1.54, 1.807) is 7.11 Å². The molecule has 4 nitrogen and oxygen atoms in total. The maximum absolute atomic E-state index is 6.43. The van der Waals surface area contributed by atoms with Gasteiger partial charge in [-0.05, 0) is 52.7 Å². The lowest BCUT2D eigenvalue weighted by Gasteiger charge is -2.16. The molecule has 174 valence electrons. The molecule has 0 aliphatic rings. The average molecular weight is 469 g/mol. The number of benzene rings is 5. The van der Waals surface area contributed by atoms with Crippen LogP contribution in [0.3, 0.4) is 0 Å². The summed E-state index contributed by atoms with van der Waals surface area (Å²) >= 11 is 0. The van der Waals surface area contributed by atoms with Crippen molar-refractivity contribution in [1.82, 2.24) is 9.97 Å². The Morgan fingerprint density at radius 1 is 0.639 bits per heavy atom. The van der Waals surface area contributed by atoms with E-state index in [4.69, 9.17) is 19.4 Å². The molecule has 6 aromatic rings. The smallest absolute Gasteiger partial charge is 0.160 e. The van der Waals surface area contributed by atoms with Crippen molar-refractivity contribution in [3.05, 3.63) is 121 Å². The molecule has 1 aromatic heterocycles. The van der Waals surface area contributed by atoms with Gasteiger partial charge in [0.25, 0.3) is 0 Å². The van der Waals surface area contributed by atoms with Crippen molar-refractivity contribution in [2.24, 2.45) is 0 Å².